The van der Waals surface area contributed by atoms with Gasteiger partial charge >= 0.3 is 0 Å². The number of rotatable bonds is 5. The summed E-state index contributed by atoms with van der Waals surface area (Å²) in [5, 5.41) is 8.40. The number of aryl methyl sites for hydroxylation is 1. The Morgan fingerprint density at radius 3 is 2.65 bits per heavy atom. The monoisotopic (exact) mass is 351 g/mol. The van der Waals surface area contributed by atoms with Gasteiger partial charge in [0, 0.05) is 5.56 Å². The van der Waals surface area contributed by atoms with Gasteiger partial charge in [0.25, 0.3) is 0 Å². The van der Waals surface area contributed by atoms with Crippen LogP contribution in [0.3, 0.4) is 0 Å². The van der Waals surface area contributed by atoms with Crippen molar-refractivity contribution in [3.05, 3.63) is 47.6 Å². The first-order valence-electron chi connectivity index (χ1n) is 8.68. The topological polar surface area (TPSA) is 98.4 Å². The molecule has 2 aromatic heterocycles. The van der Waals surface area contributed by atoms with Gasteiger partial charge in [-0.3, -0.25) is 4.90 Å². The lowest BCUT2D eigenvalue weighted by molar-refractivity contribution is 0.268. The number of hydrogen-bond donors (Lipinski definition) is 1. The maximum absolute atomic E-state index is 5.77. The lowest BCUT2D eigenvalue weighted by Gasteiger charge is -2.09. The molecule has 1 aliphatic rings. The average Bonchev–Trinajstić information content (AvgIpc) is 3.37. The highest BCUT2D eigenvalue weighted by Gasteiger charge is 2.16. The first kappa shape index (κ1) is 16.5. The van der Waals surface area contributed by atoms with Crippen molar-refractivity contribution in [2.24, 2.45) is 5.10 Å². The van der Waals surface area contributed by atoms with Crippen LogP contribution in [-0.2, 0) is 6.54 Å². The molecule has 3 aromatic rings. The highest BCUT2D eigenvalue weighted by Crippen LogP contribution is 2.18. The molecule has 0 aliphatic carbocycles. The molecule has 0 bridgehead atoms. The summed E-state index contributed by atoms with van der Waals surface area (Å²) < 4.78 is 6.93. The van der Waals surface area contributed by atoms with Crippen LogP contribution in [0.25, 0.3) is 11.4 Å². The minimum Gasteiger partial charge on any atom is -0.368 e. The Hall–Kier alpha value is -3.00. The van der Waals surface area contributed by atoms with Crippen LogP contribution < -0.4 is 5.73 Å². The van der Waals surface area contributed by atoms with Crippen molar-refractivity contribution in [3.63, 3.8) is 0 Å². The van der Waals surface area contributed by atoms with E-state index in [4.69, 9.17) is 10.3 Å². The number of nitrogens with zero attached hydrogens (tertiary/aromatic N) is 6. The fraction of sp³-hybridized carbons (Fsp3) is 0.333. The Labute approximate surface area is 151 Å². The molecular formula is C18H21N7O. The number of aromatic nitrogens is 4. The lowest BCUT2D eigenvalue weighted by Crippen LogP contribution is -2.18. The van der Waals surface area contributed by atoms with Gasteiger partial charge in [-0.15, -0.1) is 0 Å². The van der Waals surface area contributed by atoms with Gasteiger partial charge < -0.3 is 10.3 Å². The van der Waals surface area contributed by atoms with Crippen LogP contribution in [0, 0.1) is 6.92 Å². The van der Waals surface area contributed by atoms with Gasteiger partial charge in [-0.2, -0.15) is 10.1 Å². The summed E-state index contributed by atoms with van der Waals surface area (Å²) in [7, 11) is 0. The lowest BCUT2D eigenvalue weighted by atomic mass is 10.1. The van der Waals surface area contributed by atoms with Crippen LogP contribution in [-0.4, -0.2) is 44.0 Å². The molecule has 0 spiro atoms. The Morgan fingerprint density at radius 1 is 1.19 bits per heavy atom. The standard InChI is InChI=1S/C18H21N7O/c1-13-11-25(18(19)21-13)20-10-14-4-6-15(7-5-14)17-22-16(26-23-17)12-24-8-2-3-9-24/h4-7,10-11H,2-3,8-9,12H2,1H3,(H2,19,21). The first-order valence-corrected chi connectivity index (χ1v) is 8.68. The van der Waals surface area contributed by atoms with Crippen LogP contribution in [0.15, 0.2) is 40.1 Å². The van der Waals surface area contributed by atoms with Gasteiger partial charge in [0.05, 0.1) is 24.7 Å². The van der Waals surface area contributed by atoms with E-state index in [9.17, 15) is 0 Å². The number of anilines is 1. The number of likely N-dealkylation sites (tertiary alicyclic amines) is 1. The molecule has 8 nitrogen and oxygen atoms in total. The third-order valence-corrected chi connectivity index (χ3v) is 4.36. The SMILES string of the molecule is Cc1cn(N=Cc2ccc(-c3noc(CN4CCCC4)n3)cc2)c(N)n1. The Kier molecular flexibility index (Phi) is 4.49. The molecule has 0 saturated carbocycles. The minimum absolute atomic E-state index is 0.368. The molecule has 2 N–H and O–H groups in total. The van der Waals surface area contributed by atoms with Gasteiger partial charge in [-0.05, 0) is 38.4 Å². The van der Waals surface area contributed by atoms with E-state index >= 15 is 0 Å². The molecular weight excluding hydrogens is 330 g/mol. The van der Waals surface area contributed by atoms with E-state index in [0.717, 1.165) is 36.5 Å². The Balaban J connectivity index is 1.44. The fourth-order valence-corrected chi connectivity index (χ4v) is 3.01. The van der Waals surface area contributed by atoms with Gasteiger partial charge in [-0.25, -0.2) is 9.66 Å². The molecule has 26 heavy (non-hydrogen) atoms. The molecule has 0 unspecified atom stereocenters. The molecule has 8 heteroatoms. The van der Waals surface area contributed by atoms with Crippen molar-refractivity contribution >= 4 is 12.2 Å². The third kappa shape index (κ3) is 3.65. The highest BCUT2D eigenvalue weighted by atomic mass is 16.5. The van der Waals surface area contributed by atoms with Crippen LogP contribution in [0.4, 0.5) is 5.95 Å². The van der Waals surface area contributed by atoms with E-state index < -0.39 is 0 Å². The van der Waals surface area contributed by atoms with E-state index in [-0.39, 0.29) is 0 Å². The van der Waals surface area contributed by atoms with Crippen LogP contribution >= 0.6 is 0 Å². The number of benzene rings is 1. The van der Waals surface area contributed by atoms with Crippen molar-refractivity contribution in [1.82, 2.24) is 24.7 Å². The average molecular weight is 351 g/mol. The van der Waals surface area contributed by atoms with Gasteiger partial charge in [-0.1, -0.05) is 29.4 Å². The van der Waals surface area contributed by atoms with E-state index in [1.807, 2.05) is 31.2 Å². The maximum atomic E-state index is 5.77. The number of nitrogens with two attached hydrogens (primary N) is 1. The molecule has 1 fully saturated rings. The second kappa shape index (κ2) is 7.09. The van der Waals surface area contributed by atoms with Crippen molar-refractivity contribution in [3.8, 4) is 11.4 Å². The summed E-state index contributed by atoms with van der Waals surface area (Å²) in [5.74, 6) is 1.64. The second-order valence-electron chi connectivity index (χ2n) is 6.45. The van der Waals surface area contributed by atoms with Crippen molar-refractivity contribution in [1.29, 1.82) is 0 Å². The molecule has 1 aliphatic heterocycles. The predicted octanol–water partition coefficient (Wildman–Crippen LogP) is 2.30. The van der Waals surface area contributed by atoms with E-state index in [0.29, 0.717) is 17.7 Å². The summed E-state index contributed by atoms with van der Waals surface area (Å²) in [6.45, 7) is 4.81. The Bertz CT molecular complexity index is 904. The van der Waals surface area contributed by atoms with E-state index in [2.05, 4.69) is 25.1 Å². The fourth-order valence-electron chi connectivity index (χ4n) is 3.01. The van der Waals surface area contributed by atoms with Crippen LogP contribution in [0.1, 0.15) is 30.0 Å². The molecule has 0 atom stereocenters. The number of nitrogen functional groups attached to an aromatic ring is 1. The predicted molar refractivity (Wildman–Crippen MR) is 98.6 cm³/mol. The van der Waals surface area contributed by atoms with Crippen molar-refractivity contribution < 1.29 is 4.52 Å². The van der Waals surface area contributed by atoms with Crippen molar-refractivity contribution in [2.75, 3.05) is 18.8 Å². The zero-order valence-corrected chi connectivity index (χ0v) is 14.7. The molecule has 134 valence electrons. The third-order valence-electron chi connectivity index (χ3n) is 4.36. The summed E-state index contributed by atoms with van der Waals surface area (Å²) in [6.07, 6.45) is 6.00. The van der Waals surface area contributed by atoms with Gasteiger partial charge in [0.1, 0.15) is 0 Å². The van der Waals surface area contributed by atoms with E-state index in [1.54, 1.807) is 17.1 Å². The summed E-state index contributed by atoms with van der Waals surface area (Å²) in [6, 6.07) is 7.81. The van der Waals surface area contributed by atoms with Gasteiger partial charge in [0.15, 0.2) is 0 Å². The number of hydrogen-bond acceptors (Lipinski definition) is 7. The van der Waals surface area contributed by atoms with Crippen LogP contribution in [0.5, 0.6) is 0 Å². The van der Waals surface area contributed by atoms with Crippen molar-refractivity contribution in [2.45, 2.75) is 26.3 Å². The second-order valence-corrected chi connectivity index (χ2v) is 6.45. The minimum atomic E-state index is 0.368. The van der Waals surface area contributed by atoms with Crippen LogP contribution in [0.2, 0.25) is 0 Å². The van der Waals surface area contributed by atoms with E-state index in [1.165, 1.54) is 12.8 Å². The molecule has 4 rings (SSSR count). The summed E-state index contributed by atoms with van der Waals surface area (Å²) >= 11 is 0. The summed E-state index contributed by atoms with van der Waals surface area (Å²) in [4.78, 5) is 10.9. The Morgan fingerprint density at radius 2 is 1.96 bits per heavy atom. The van der Waals surface area contributed by atoms with Gasteiger partial charge in [0.2, 0.25) is 17.7 Å². The molecule has 1 saturated heterocycles. The molecule has 1 aromatic carbocycles. The molecule has 0 radical (unpaired) electrons. The quantitative estimate of drug-likeness (QED) is 0.708. The number of imidazole rings is 1. The summed E-state index contributed by atoms with van der Waals surface area (Å²) in [5.41, 5.74) is 8.46. The highest BCUT2D eigenvalue weighted by molar-refractivity contribution is 5.80. The zero-order chi connectivity index (χ0) is 17.9. The largest absolute Gasteiger partial charge is 0.368 e. The zero-order valence-electron chi connectivity index (χ0n) is 14.7. The maximum Gasteiger partial charge on any atom is 0.241 e. The smallest absolute Gasteiger partial charge is 0.241 e. The molecule has 0 amide bonds. The first-order chi connectivity index (χ1) is 12.7. The normalized spacial score (nSPS) is 15.3. The molecule has 3 heterocycles.